The maximum Gasteiger partial charge on any atom is 0.157 e. The molecule has 2 heterocycles. The van der Waals surface area contributed by atoms with Gasteiger partial charge >= 0.3 is 0 Å². The Balaban J connectivity index is 1.47. The molecular formula is C21H21N5O. The Kier molecular flexibility index (Phi) is 4.97. The third kappa shape index (κ3) is 4.05. The topological polar surface area (TPSA) is 67.0 Å². The van der Waals surface area contributed by atoms with Crippen LogP contribution < -0.4 is 0 Å². The van der Waals surface area contributed by atoms with Crippen LogP contribution in [0, 0.1) is 18.3 Å². The number of hydrogen-bond donors (Lipinski definition) is 0. The lowest BCUT2D eigenvalue weighted by atomic mass is 10.1. The van der Waals surface area contributed by atoms with Crippen LogP contribution in [0.25, 0.3) is 0 Å². The van der Waals surface area contributed by atoms with E-state index in [4.69, 9.17) is 10.00 Å². The minimum atomic E-state index is -0.176. The number of hydrogen-bond acceptors (Lipinski definition) is 5. The van der Waals surface area contributed by atoms with E-state index >= 15 is 0 Å². The number of nitriles is 1. The molecule has 1 aliphatic rings. The quantitative estimate of drug-likeness (QED) is 0.700. The number of benzene rings is 2. The molecule has 1 atom stereocenters. The van der Waals surface area contributed by atoms with Gasteiger partial charge in [-0.3, -0.25) is 4.90 Å². The van der Waals surface area contributed by atoms with Gasteiger partial charge in [0.15, 0.2) is 6.23 Å². The second-order valence-electron chi connectivity index (χ2n) is 6.84. The summed E-state index contributed by atoms with van der Waals surface area (Å²) in [5, 5.41) is 17.6. The summed E-state index contributed by atoms with van der Waals surface area (Å²) in [5.74, 6) is 0. The summed E-state index contributed by atoms with van der Waals surface area (Å²) in [6.07, 6.45) is 1.75. The molecular weight excluding hydrogens is 338 g/mol. The molecule has 3 aromatic rings. The van der Waals surface area contributed by atoms with E-state index in [1.54, 1.807) is 10.7 Å². The molecule has 6 heteroatoms. The summed E-state index contributed by atoms with van der Waals surface area (Å²) in [5.41, 5.74) is 5.02. The Hall–Kier alpha value is -3.01. The smallest absolute Gasteiger partial charge is 0.157 e. The van der Waals surface area contributed by atoms with Gasteiger partial charge in [0, 0.05) is 13.1 Å². The van der Waals surface area contributed by atoms with Gasteiger partial charge in [-0.05, 0) is 30.2 Å². The molecule has 6 nitrogen and oxygen atoms in total. The van der Waals surface area contributed by atoms with Crippen LogP contribution in [0.3, 0.4) is 0 Å². The first-order valence-corrected chi connectivity index (χ1v) is 9.01. The third-order valence-electron chi connectivity index (χ3n) is 4.66. The van der Waals surface area contributed by atoms with Crippen molar-refractivity contribution in [3.05, 3.63) is 82.7 Å². The molecule has 0 aliphatic carbocycles. The van der Waals surface area contributed by atoms with E-state index in [2.05, 4.69) is 52.5 Å². The third-order valence-corrected chi connectivity index (χ3v) is 4.66. The molecule has 27 heavy (non-hydrogen) atoms. The van der Waals surface area contributed by atoms with Crippen molar-refractivity contribution < 1.29 is 4.74 Å². The molecule has 1 aromatic heterocycles. The van der Waals surface area contributed by atoms with Gasteiger partial charge in [-0.15, -0.1) is 5.10 Å². The Labute approximate surface area is 158 Å². The zero-order valence-corrected chi connectivity index (χ0v) is 15.2. The predicted molar refractivity (Wildman–Crippen MR) is 101 cm³/mol. The van der Waals surface area contributed by atoms with E-state index in [1.807, 2.05) is 24.4 Å². The van der Waals surface area contributed by atoms with Crippen molar-refractivity contribution in [1.82, 2.24) is 19.9 Å². The Morgan fingerprint density at radius 3 is 2.78 bits per heavy atom. The van der Waals surface area contributed by atoms with Gasteiger partial charge in [0.2, 0.25) is 0 Å². The molecule has 4 rings (SSSR count). The maximum atomic E-state index is 9.04. The summed E-state index contributed by atoms with van der Waals surface area (Å²) in [6.45, 7) is 5.06. The minimum absolute atomic E-state index is 0.176. The zero-order chi connectivity index (χ0) is 18.6. The van der Waals surface area contributed by atoms with Crippen molar-refractivity contribution in [2.45, 2.75) is 26.2 Å². The van der Waals surface area contributed by atoms with Crippen molar-refractivity contribution in [2.24, 2.45) is 0 Å². The second kappa shape index (κ2) is 7.70. The van der Waals surface area contributed by atoms with Crippen LogP contribution in [0.1, 0.15) is 34.2 Å². The molecule has 0 radical (unpaired) electrons. The van der Waals surface area contributed by atoms with Crippen molar-refractivity contribution in [1.29, 1.82) is 5.26 Å². The molecule has 0 bridgehead atoms. The fourth-order valence-electron chi connectivity index (χ4n) is 3.41. The number of nitrogens with zero attached hydrogens (tertiary/aromatic N) is 5. The van der Waals surface area contributed by atoms with Crippen molar-refractivity contribution in [2.75, 3.05) is 13.2 Å². The van der Waals surface area contributed by atoms with Crippen LogP contribution >= 0.6 is 0 Å². The lowest BCUT2D eigenvalue weighted by Gasteiger charge is -2.21. The Morgan fingerprint density at radius 1 is 1.15 bits per heavy atom. The average Bonchev–Trinajstić information content (AvgIpc) is 3.31. The minimum Gasteiger partial charge on any atom is -0.356 e. The van der Waals surface area contributed by atoms with E-state index in [-0.39, 0.29) is 6.23 Å². The summed E-state index contributed by atoms with van der Waals surface area (Å²) >= 11 is 0. The zero-order valence-electron chi connectivity index (χ0n) is 15.2. The summed E-state index contributed by atoms with van der Waals surface area (Å²) < 4.78 is 7.71. The van der Waals surface area contributed by atoms with Gasteiger partial charge in [0.05, 0.1) is 31.0 Å². The van der Waals surface area contributed by atoms with Crippen molar-refractivity contribution in [3.8, 4) is 6.07 Å². The molecule has 0 saturated carbocycles. The van der Waals surface area contributed by atoms with Gasteiger partial charge < -0.3 is 4.74 Å². The fraction of sp³-hybridized carbons (Fsp3) is 0.286. The monoisotopic (exact) mass is 359 g/mol. The second-order valence-corrected chi connectivity index (χ2v) is 6.84. The number of rotatable bonds is 5. The fourth-order valence-corrected chi connectivity index (χ4v) is 3.41. The molecule has 0 unspecified atom stereocenters. The standard InChI is InChI=1S/C21H21N5O/c1-16-4-2-6-18(10-16)13-25-8-9-27-21(25)20-15-26(24-23-20)14-19-7-3-5-17(11-19)12-22/h2-7,10-11,15,21H,8-9,13-14H2,1H3/t21-/m1/s1. The molecule has 1 saturated heterocycles. The molecule has 1 aliphatic heterocycles. The first-order chi connectivity index (χ1) is 13.2. The van der Waals surface area contributed by atoms with Gasteiger partial charge in [-0.25, -0.2) is 4.68 Å². The summed E-state index contributed by atoms with van der Waals surface area (Å²) in [7, 11) is 0. The number of aromatic nitrogens is 3. The van der Waals surface area contributed by atoms with E-state index in [0.717, 1.165) is 24.3 Å². The summed E-state index contributed by atoms with van der Waals surface area (Å²) in [6, 6.07) is 18.2. The largest absolute Gasteiger partial charge is 0.356 e. The molecule has 0 amide bonds. The molecule has 0 spiro atoms. The molecule has 136 valence electrons. The molecule has 0 N–H and O–H groups in total. The van der Waals surface area contributed by atoms with Gasteiger partial charge in [-0.1, -0.05) is 47.2 Å². The highest BCUT2D eigenvalue weighted by Crippen LogP contribution is 2.27. The molecule has 2 aromatic carbocycles. The first-order valence-electron chi connectivity index (χ1n) is 9.01. The van der Waals surface area contributed by atoms with Crippen LogP contribution in [-0.2, 0) is 17.8 Å². The predicted octanol–water partition coefficient (Wildman–Crippen LogP) is 3.04. The van der Waals surface area contributed by atoms with Crippen molar-refractivity contribution >= 4 is 0 Å². The van der Waals surface area contributed by atoms with Gasteiger partial charge in [0.1, 0.15) is 5.69 Å². The van der Waals surface area contributed by atoms with Crippen LogP contribution in [0.15, 0.2) is 54.7 Å². The van der Waals surface area contributed by atoms with Crippen LogP contribution in [-0.4, -0.2) is 33.0 Å². The van der Waals surface area contributed by atoms with Gasteiger partial charge in [-0.2, -0.15) is 5.26 Å². The summed E-state index contributed by atoms with van der Waals surface area (Å²) in [4.78, 5) is 2.28. The molecule has 1 fully saturated rings. The van der Waals surface area contributed by atoms with E-state index in [0.29, 0.717) is 18.7 Å². The van der Waals surface area contributed by atoms with Crippen LogP contribution in [0.2, 0.25) is 0 Å². The highest BCUT2D eigenvalue weighted by Gasteiger charge is 2.29. The lowest BCUT2D eigenvalue weighted by molar-refractivity contribution is 0.0252. The highest BCUT2D eigenvalue weighted by atomic mass is 16.5. The van der Waals surface area contributed by atoms with Crippen LogP contribution in [0.5, 0.6) is 0 Å². The van der Waals surface area contributed by atoms with Gasteiger partial charge in [0.25, 0.3) is 0 Å². The van der Waals surface area contributed by atoms with E-state index in [1.165, 1.54) is 11.1 Å². The highest BCUT2D eigenvalue weighted by molar-refractivity contribution is 5.32. The normalized spacial score (nSPS) is 17.1. The SMILES string of the molecule is Cc1cccc(CN2CCO[C@@H]2c2cn(Cc3cccc(C#N)c3)nn2)c1. The average molecular weight is 359 g/mol. The maximum absolute atomic E-state index is 9.04. The van der Waals surface area contributed by atoms with Crippen LogP contribution in [0.4, 0.5) is 0 Å². The van der Waals surface area contributed by atoms with Crippen molar-refractivity contribution in [3.63, 3.8) is 0 Å². The lowest BCUT2D eigenvalue weighted by Crippen LogP contribution is -2.23. The van der Waals surface area contributed by atoms with E-state index < -0.39 is 0 Å². The first kappa shape index (κ1) is 17.4. The number of aryl methyl sites for hydroxylation is 1. The number of ether oxygens (including phenoxy) is 1. The Bertz CT molecular complexity index is 974. The van der Waals surface area contributed by atoms with E-state index in [9.17, 15) is 0 Å². The Morgan fingerprint density at radius 2 is 1.96 bits per heavy atom.